The summed E-state index contributed by atoms with van der Waals surface area (Å²) in [4.78, 5) is 11.3. The smallest absolute Gasteiger partial charge is 0.302 e. The molecular formula is C21H27N3O3. The third-order valence-corrected chi connectivity index (χ3v) is 3.78. The zero-order valence-electron chi connectivity index (χ0n) is 16.2. The fourth-order valence-electron chi connectivity index (χ4n) is 2.69. The minimum atomic E-state index is -0.317. The van der Waals surface area contributed by atoms with Crippen LogP contribution >= 0.6 is 0 Å². The van der Waals surface area contributed by atoms with Crippen molar-refractivity contribution in [2.24, 2.45) is 10.9 Å². The summed E-state index contributed by atoms with van der Waals surface area (Å²) in [5.41, 5.74) is 3.86. The Bertz CT molecular complexity index is 786. The second-order valence-corrected chi connectivity index (χ2v) is 6.65. The quantitative estimate of drug-likeness (QED) is 0.320. The van der Waals surface area contributed by atoms with E-state index in [1.807, 2.05) is 57.2 Å². The maximum Gasteiger partial charge on any atom is 0.302 e. The van der Waals surface area contributed by atoms with Crippen LogP contribution < -0.4 is 15.9 Å². The van der Waals surface area contributed by atoms with Gasteiger partial charge in [0.05, 0.1) is 18.4 Å². The van der Waals surface area contributed by atoms with Crippen molar-refractivity contribution >= 4 is 17.9 Å². The molecule has 0 aliphatic heterocycles. The number of nitrogens with zero attached hydrogens (tertiary/aromatic N) is 1. The van der Waals surface area contributed by atoms with E-state index in [0.717, 1.165) is 28.1 Å². The third-order valence-electron chi connectivity index (χ3n) is 3.78. The molecule has 2 aromatic carbocycles. The summed E-state index contributed by atoms with van der Waals surface area (Å²) < 4.78 is 11.1. The number of aryl methyl sites for hydroxylation is 1. The lowest BCUT2D eigenvalue weighted by atomic mass is 10.0. The molecule has 6 heteroatoms. The van der Waals surface area contributed by atoms with Crippen molar-refractivity contribution < 1.29 is 14.3 Å². The predicted molar refractivity (Wildman–Crippen MR) is 108 cm³/mol. The van der Waals surface area contributed by atoms with Crippen molar-refractivity contribution in [1.82, 2.24) is 0 Å². The van der Waals surface area contributed by atoms with E-state index in [-0.39, 0.29) is 24.7 Å². The number of anilines is 1. The molecule has 144 valence electrons. The number of nitrogens with two attached hydrogens (primary N) is 1. The Morgan fingerprint density at radius 1 is 1.22 bits per heavy atom. The molecule has 2 aromatic rings. The first-order valence-corrected chi connectivity index (χ1v) is 8.89. The molecule has 0 heterocycles. The molecule has 0 fully saturated rings. The fourth-order valence-corrected chi connectivity index (χ4v) is 2.69. The van der Waals surface area contributed by atoms with Gasteiger partial charge in [0.25, 0.3) is 0 Å². The van der Waals surface area contributed by atoms with E-state index in [4.69, 9.17) is 15.3 Å². The predicted octanol–water partition coefficient (Wildman–Crippen LogP) is 3.79. The van der Waals surface area contributed by atoms with E-state index < -0.39 is 0 Å². The summed E-state index contributed by atoms with van der Waals surface area (Å²) in [6.07, 6.45) is 1.66. The highest BCUT2D eigenvalue weighted by Gasteiger charge is 2.15. The summed E-state index contributed by atoms with van der Waals surface area (Å²) in [7, 11) is 0. The van der Waals surface area contributed by atoms with Crippen LogP contribution in [0.15, 0.2) is 47.6 Å². The van der Waals surface area contributed by atoms with Crippen LogP contribution in [0.2, 0.25) is 0 Å². The summed E-state index contributed by atoms with van der Waals surface area (Å²) in [5.74, 6) is 5.66. The highest BCUT2D eigenvalue weighted by atomic mass is 16.5. The van der Waals surface area contributed by atoms with Crippen LogP contribution in [-0.4, -0.2) is 24.9 Å². The van der Waals surface area contributed by atoms with Crippen LogP contribution in [0.4, 0.5) is 5.69 Å². The monoisotopic (exact) mass is 369 g/mol. The normalized spacial score (nSPS) is 12.2. The molecule has 6 nitrogen and oxygen atoms in total. The summed E-state index contributed by atoms with van der Waals surface area (Å²) in [5, 5.41) is 6.94. The van der Waals surface area contributed by atoms with Gasteiger partial charge in [0.1, 0.15) is 12.4 Å². The van der Waals surface area contributed by atoms with Crippen molar-refractivity contribution in [1.29, 1.82) is 0 Å². The number of benzene rings is 2. The average Bonchev–Trinajstić information content (AvgIpc) is 2.59. The minimum absolute atomic E-state index is 0.0799. The Kier molecular flexibility index (Phi) is 7.23. The van der Waals surface area contributed by atoms with Gasteiger partial charge in [-0.2, -0.15) is 5.10 Å². The van der Waals surface area contributed by atoms with E-state index in [9.17, 15) is 4.79 Å². The van der Waals surface area contributed by atoms with Gasteiger partial charge in [-0.25, -0.2) is 0 Å². The van der Waals surface area contributed by atoms with Gasteiger partial charge < -0.3 is 20.6 Å². The first kappa shape index (κ1) is 20.3. The van der Waals surface area contributed by atoms with Crippen molar-refractivity contribution in [3.8, 4) is 5.75 Å². The summed E-state index contributed by atoms with van der Waals surface area (Å²) >= 11 is 0. The third kappa shape index (κ3) is 6.66. The van der Waals surface area contributed by atoms with E-state index in [0.29, 0.717) is 0 Å². The first-order valence-electron chi connectivity index (χ1n) is 8.89. The van der Waals surface area contributed by atoms with Crippen LogP contribution in [0.5, 0.6) is 5.75 Å². The van der Waals surface area contributed by atoms with E-state index >= 15 is 0 Å². The van der Waals surface area contributed by atoms with Crippen molar-refractivity contribution in [3.63, 3.8) is 0 Å². The van der Waals surface area contributed by atoms with Gasteiger partial charge >= 0.3 is 5.97 Å². The number of carbonyl (C=O) groups excluding carboxylic acids is 1. The summed E-state index contributed by atoms with van der Waals surface area (Å²) in [6, 6.07) is 13.5. The van der Waals surface area contributed by atoms with Crippen LogP contribution in [0, 0.1) is 6.92 Å². The number of carbonyl (C=O) groups is 1. The molecule has 1 unspecified atom stereocenters. The number of ether oxygens (including phenoxy) is 2. The van der Waals surface area contributed by atoms with Gasteiger partial charge in [-0.15, -0.1) is 0 Å². The number of hydrogen-bond acceptors (Lipinski definition) is 6. The molecular weight excluding hydrogens is 342 g/mol. The van der Waals surface area contributed by atoms with Crippen LogP contribution in [0.25, 0.3) is 0 Å². The number of hydrazone groups is 1. The maximum absolute atomic E-state index is 11.3. The molecule has 27 heavy (non-hydrogen) atoms. The van der Waals surface area contributed by atoms with Crippen molar-refractivity contribution in [2.75, 3.05) is 11.9 Å². The zero-order chi connectivity index (χ0) is 19.8. The molecule has 0 aliphatic rings. The lowest BCUT2D eigenvalue weighted by molar-refractivity contribution is -0.141. The van der Waals surface area contributed by atoms with Gasteiger partial charge in [0.2, 0.25) is 0 Å². The Morgan fingerprint density at radius 3 is 2.52 bits per heavy atom. The molecule has 0 amide bonds. The molecule has 0 radical (unpaired) electrons. The van der Waals surface area contributed by atoms with Crippen LogP contribution in [-0.2, 0) is 9.53 Å². The molecule has 3 N–H and O–H groups in total. The van der Waals surface area contributed by atoms with Gasteiger partial charge in [-0.1, -0.05) is 18.2 Å². The van der Waals surface area contributed by atoms with Gasteiger partial charge in [0.15, 0.2) is 0 Å². The van der Waals surface area contributed by atoms with E-state index in [2.05, 4.69) is 16.5 Å². The maximum atomic E-state index is 11.3. The summed E-state index contributed by atoms with van der Waals surface area (Å²) in [6.45, 7) is 7.61. The van der Waals surface area contributed by atoms with Crippen molar-refractivity contribution in [2.45, 2.75) is 39.8 Å². The second-order valence-electron chi connectivity index (χ2n) is 6.65. The highest BCUT2D eigenvalue weighted by Crippen LogP contribution is 2.26. The Labute approximate surface area is 160 Å². The highest BCUT2D eigenvalue weighted by molar-refractivity contribution is 5.80. The molecule has 2 rings (SSSR count). The molecule has 0 saturated heterocycles. The topological polar surface area (TPSA) is 85.9 Å². The molecule has 0 spiro atoms. The number of nitrogens with one attached hydrogen (secondary N) is 1. The largest absolute Gasteiger partial charge is 0.491 e. The molecule has 0 aliphatic carbocycles. The van der Waals surface area contributed by atoms with Crippen LogP contribution in [0.1, 0.15) is 43.5 Å². The second kappa shape index (κ2) is 9.62. The number of esters is 1. The number of hydrogen-bond donors (Lipinski definition) is 2. The SMILES string of the molecule is CC(=O)OCC(Nc1ccc(C=NN)cc1)c1cc(C)cc(OC(C)C)c1. The van der Waals surface area contributed by atoms with Gasteiger partial charge in [0, 0.05) is 12.6 Å². The Hall–Kier alpha value is -3.02. The number of rotatable bonds is 8. The fraction of sp³-hybridized carbons (Fsp3) is 0.333. The average molecular weight is 369 g/mol. The molecule has 0 bridgehead atoms. The van der Waals surface area contributed by atoms with Crippen molar-refractivity contribution in [3.05, 3.63) is 59.2 Å². The lowest BCUT2D eigenvalue weighted by Crippen LogP contribution is -2.19. The van der Waals surface area contributed by atoms with Gasteiger partial charge in [-0.05, 0) is 61.7 Å². The Morgan fingerprint density at radius 2 is 1.93 bits per heavy atom. The molecule has 1 atom stereocenters. The standard InChI is InChI=1S/C21H27N3O3/c1-14(2)27-20-10-15(3)9-18(11-20)21(13-26-16(4)25)24-19-7-5-17(6-8-19)12-23-22/h5-12,14,21,24H,13,22H2,1-4H3. The molecule has 0 aromatic heterocycles. The zero-order valence-corrected chi connectivity index (χ0v) is 16.2. The van der Waals surface area contributed by atoms with E-state index in [1.165, 1.54) is 6.92 Å². The van der Waals surface area contributed by atoms with Crippen LogP contribution in [0.3, 0.4) is 0 Å². The molecule has 0 saturated carbocycles. The van der Waals surface area contributed by atoms with E-state index in [1.54, 1.807) is 6.21 Å². The minimum Gasteiger partial charge on any atom is -0.491 e. The first-order chi connectivity index (χ1) is 12.9. The lowest BCUT2D eigenvalue weighted by Gasteiger charge is -2.22. The van der Waals surface area contributed by atoms with Gasteiger partial charge in [-0.3, -0.25) is 4.79 Å². The Balaban J connectivity index is 2.27.